The van der Waals surface area contributed by atoms with Crippen molar-refractivity contribution < 1.29 is 9.90 Å². The molecule has 0 radical (unpaired) electrons. The van der Waals surface area contributed by atoms with Gasteiger partial charge in [0.25, 0.3) is 0 Å². The van der Waals surface area contributed by atoms with Gasteiger partial charge in [-0.1, -0.05) is 0 Å². The van der Waals surface area contributed by atoms with E-state index in [-0.39, 0.29) is 0 Å². The summed E-state index contributed by atoms with van der Waals surface area (Å²) in [6, 6.07) is 0. The lowest BCUT2D eigenvalue weighted by atomic mass is 9.88. The Labute approximate surface area is 110 Å². The van der Waals surface area contributed by atoms with Crippen LogP contribution in [-0.2, 0) is 4.79 Å². The molecule has 4 heteroatoms. The molecule has 0 aliphatic carbocycles. The highest BCUT2D eigenvalue weighted by Crippen LogP contribution is 2.28. The van der Waals surface area contributed by atoms with E-state index < -0.39 is 11.5 Å². The molecule has 0 bridgehead atoms. The quantitative estimate of drug-likeness (QED) is 0.812. The van der Waals surface area contributed by atoms with E-state index >= 15 is 0 Å². The molecule has 2 heterocycles. The Bertz CT molecular complexity index is 290. The zero-order chi connectivity index (χ0) is 13.0. The summed E-state index contributed by atoms with van der Waals surface area (Å²) in [5.41, 5.74) is -0.622. The van der Waals surface area contributed by atoms with E-state index in [4.69, 9.17) is 0 Å². The molecule has 2 saturated heterocycles. The van der Waals surface area contributed by atoms with Crippen LogP contribution in [0, 0.1) is 0 Å². The fraction of sp³-hybridized carbons (Fsp3) is 0.929. The number of nitrogens with zero attached hydrogens (tertiary/aromatic N) is 2. The third kappa shape index (κ3) is 3.04. The largest absolute Gasteiger partial charge is 0.480 e. The van der Waals surface area contributed by atoms with Crippen LogP contribution >= 0.6 is 0 Å². The van der Waals surface area contributed by atoms with Crippen molar-refractivity contribution in [3.05, 3.63) is 0 Å². The lowest BCUT2D eigenvalue weighted by molar-refractivity contribution is -0.153. The van der Waals surface area contributed by atoms with Crippen molar-refractivity contribution in [1.29, 1.82) is 0 Å². The summed E-state index contributed by atoms with van der Waals surface area (Å²) in [4.78, 5) is 16.1. The SMILES string of the molecule is CC1(C(=O)O)CCCCN1CCCN1CCCC1. The summed E-state index contributed by atoms with van der Waals surface area (Å²) in [6.07, 6.45) is 6.75. The predicted molar refractivity (Wildman–Crippen MR) is 71.8 cm³/mol. The van der Waals surface area contributed by atoms with Gasteiger partial charge in [0.15, 0.2) is 0 Å². The molecule has 18 heavy (non-hydrogen) atoms. The van der Waals surface area contributed by atoms with E-state index in [1.165, 1.54) is 25.9 Å². The van der Waals surface area contributed by atoms with Gasteiger partial charge in [-0.05, 0) is 71.6 Å². The molecule has 0 saturated carbocycles. The standard InChI is InChI=1S/C14H26N2O2/c1-14(13(17)18)7-2-3-11-16(14)12-6-10-15-8-4-5-9-15/h2-12H2,1H3,(H,17,18). The van der Waals surface area contributed by atoms with Gasteiger partial charge < -0.3 is 10.0 Å². The number of hydrogen-bond donors (Lipinski definition) is 1. The van der Waals surface area contributed by atoms with Crippen molar-refractivity contribution in [2.24, 2.45) is 0 Å². The average molecular weight is 254 g/mol. The Kier molecular flexibility index (Phi) is 4.62. The van der Waals surface area contributed by atoms with Crippen molar-refractivity contribution in [3.8, 4) is 0 Å². The highest BCUT2D eigenvalue weighted by molar-refractivity contribution is 5.78. The summed E-state index contributed by atoms with van der Waals surface area (Å²) in [6.45, 7) is 7.37. The first kappa shape index (κ1) is 13.8. The number of carboxylic acids is 1. The van der Waals surface area contributed by atoms with Gasteiger partial charge >= 0.3 is 5.97 Å². The smallest absolute Gasteiger partial charge is 0.323 e. The first-order chi connectivity index (χ1) is 8.63. The topological polar surface area (TPSA) is 43.8 Å². The van der Waals surface area contributed by atoms with Crippen LogP contribution < -0.4 is 0 Å². The maximum absolute atomic E-state index is 11.5. The molecule has 0 aromatic heterocycles. The predicted octanol–water partition coefficient (Wildman–Crippen LogP) is 1.80. The molecule has 1 atom stereocenters. The molecule has 4 nitrogen and oxygen atoms in total. The van der Waals surface area contributed by atoms with E-state index in [1.807, 2.05) is 6.92 Å². The molecular formula is C14H26N2O2. The number of rotatable bonds is 5. The van der Waals surface area contributed by atoms with Gasteiger partial charge in [-0.15, -0.1) is 0 Å². The van der Waals surface area contributed by atoms with E-state index in [0.717, 1.165) is 45.3 Å². The van der Waals surface area contributed by atoms with Crippen molar-refractivity contribution in [1.82, 2.24) is 9.80 Å². The van der Waals surface area contributed by atoms with Crippen molar-refractivity contribution in [2.75, 3.05) is 32.7 Å². The zero-order valence-electron chi connectivity index (χ0n) is 11.5. The molecule has 104 valence electrons. The van der Waals surface area contributed by atoms with Gasteiger partial charge in [-0.3, -0.25) is 9.69 Å². The van der Waals surface area contributed by atoms with Crippen LogP contribution in [0.3, 0.4) is 0 Å². The molecule has 2 fully saturated rings. The zero-order valence-corrected chi connectivity index (χ0v) is 11.5. The number of hydrogen-bond acceptors (Lipinski definition) is 3. The van der Waals surface area contributed by atoms with E-state index in [2.05, 4.69) is 9.80 Å². The van der Waals surface area contributed by atoms with E-state index in [1.54, 1.807) is 0 Å². The Morgan fingerprint density at radius 3 is 2.44 bits per heavy atom. The number of carboxylic acid groups (broad SMARTS) is 1. The van der Waals surface area contributed by atoms with Crippen LogP contribution in [-0.4, -0.2) is 59.1 Å². The number of aliphatic carboxylic acids is 1. The lowest BCUT2D eigenvalue weighted by Crippen LogP contribution is -2.55. The fourth-order valence-corrected chi connectivity index (χ4v) is 3.27. The highest BCUT2D eigenvalue weighted by atomic mass is 16.4. The summed E-state index contributed by atoms with van der Waals surface area (Å²) in [7, 11) is 0. The van der Waals surface area contributed by atoms with Crippen LogP contribution in [0.25, 0.3) is 0 Å². The molecular weight excluding hydrogens is 228 g/mol. The second-order valence-corrected chi connectivity index (χ2v) is 5.93. The van der Waals surface area contributed by atoms with Crippen LogP contribution in [0.4, 0.5) is 0 Å². The van der Waals surface area contributed by atoms with Crippen LogP contribution in [0.15, 0.2) is 0 Å². The lowest BCUT2D eigenvalue weighted by Gasteiger charge is -2.41. The first-order valence-electron chi connectivity index (χ1n) is 7.34. The van der Waals surface area contributed by atoms with E-state index in [0.29, 0.717) is 0 Å². The van der Waals surface area contributed by atoms with Gasteiger partial charge in [-0.2, -0.15) is 0 Å². The molecule has 2 aliphatic heterocycles. The van der Waals surface area contributed by atoms with Gasteiger partial charge in [-0.25, -0.2) is 0 Å². The van der Waals surface area contributed by atoms with Crippen molar-refractivity contribution >= 4 is 5.97 Å². The second kappa shape index (κ2) is 6.02. The molecule has 0 aromatic carbocycles. The molecule has 0 amide bonds. The number of carbonyl (C=O) groups is 1. The summed E-state index contributed by atoms with van der Waals surface area (Å²) in [5.74, 6) is -0.650. The monoisotopic (exact) mass is 254 g/mol. The number of likely N-dealkylation sites (tertiary alicyclic amines) is 2. The molecule has 1 N–H and O–H groups in total. The molecule has 2 aliphatic rings. The number of piperidine rings is 1. The first-order valence-corrected chi connectivity index (χ1v) is 7.34. The average Bonchev–Trinajstić information content (AvgIpc) is 2.84. The minimum Gasteiger partial charge on any atom is -0.480 e. The maximum atomic E-state index is 11.5. The highest BCUT2D eigenvalue weighted by Gasteiger charge is 2.40. The maximum Gasteiger partial charge on any atom is 0.323 e. The Hall–Kier alpha value is -0.610. The normalized spacial score (nSPS) is 30.7. The summed E-state index contributed by atoms with van der Waals surface area (Å²) >= 11 is 0. The summed E-state index contributed by atoms with van der Waals surface area (Å²) in [5, 5.41) is 9.43. The van der Waals surface area contributed by atoms with Gasteiger partial charge in [0.05, 0.1) is 0 Å². The molecule has 2 rings (SSSR count). The molecule has 0 aromatic rings. The van der Waals surface area contributed by atoms with Crippen LogP contribution in [0.5, 0.6) is 0 Å². The third-order valence-corrected chi connectivity index (χ3v) is 4.60. The minimum atomic E-state index is -0.650. The molecule has 1 unspecified atom stereocenters. The van der Waals surface area contributed by atoms with Crippen molar-refractivity contribution in [2.45, 2.75) is 51.0 Å². The van der Waals surface area contributed by atoms with Crippen LogP contribution in [0.1, 0.15) is 45.4 Å². The Balaban J connectivity index is 1.80. The summed E-state index contributed by atoms with van der Waals surface area (Å²) < 4.78 is 0. The molecule has 0 spiro atoms. The van der Waals surface area contributed by atoms with E-state index in [9.17, 15) is 9.90 Å². The van der Waals surface area contributed by atoms with Gasteiger partial charge in [0, 0.05) is 6.54 Å². The van der Waals surface area contributed by atoms with Gasteiger partial charge in [0.2, 0.25) is 0 Å². The third-order valence-electron chi connectivity index (χ3n) is 4.60. The van der Waals surface area contributed by atoms with Crippen LogP contribution in [0.2, 0.25) is 0 Å². The van der Waals surface area contributed by atoms with Crippen molar-refractivity contribution in [3.63, 3.8) is 0 Å². The second-order valence-electron chi connectivity index (χ2n) is 5.93. The fourth-order valence-electron chi connectivity index (χ4n) is 3.27. The minimum absolute atomic E-state index is 0.622. The van der Waals surface area contributed by atoms with Gasteiger partial charge in [0.1, 0.15) is 5.54 Å². The Morgan fingerprint density at radius 1 is 1.11 bits per heavy atom. The Morgan fingerprint density at radius 2 is 1.78 bits per heavy atom.